The standard InChI is InChI=1S/C38H51N3O8S/c1-23-14-13-18-28-35(45)29(21-30-36(28)50-22-33(43)41-30)40-32(42)20-27(48-4)17-11-6-5-7-12-19-31(24(2)34(23)44)49-38(47)25(3)39-37(46)26-15-9-8-10-16-26/h5-7,11-12,14,17,21,24-27,31,34,44-45H,8-10,13,15-16,18-20,22H2,1-4H3,(H,39,46)(H,40,42)(H,41,43)/b6-5-,12-7-,17-11+,23-14+/t24-,25-,27+,31+,34+/m1/s1. The molecule has 2 bridgehead atoms. The molecule has 0 aromatic heterocycles. The highest BCUT2D eigenvalue weighted by atomic mass is 32.2. The first-order chi connectivity index (χ1) is 24.0. The quantitative estimate of drug-likeness (QED) is 0.111. The number of anilines is 2. The van der Waals surface area contributed by atoms with Crippen LogP contribution in [0.5, 0.6) is 5.75 Å². The number of aliphatic hydroxyl groups is 1. The molecular weight excluding hydrogens is 658 g/mol. The number of carbonyl (C=O) groups excluding carboxylic acids is 4. The minimum Gasteiger partial charge on any atom is -0.505 e. The Balaban J connectivity index is 1.58. The molecule has 0 saturated heterocycles. The van der Waals surface area contributed by atoms with Gasteiger partial charge in [0.1, 0.15) is 17.9 Å². The van der Waals surface area contributed by atoms with Crippen LogP contribution in [0.4, 0.5) is 11.4 Å². The predicted molar refractivity (Wildman–Crippen MR) is 195 cm³/mol. The number of amides is 3. The second-order valence-corrected chi connectivity index (χ2v) is 14.2. The maximum absolute atomic E-state index is 13.2. The normalized spacial score (nSPS) is 27.8. The van der Waals surface area contributed by atoms with Gasteiger partial charge in [0.05, 0.1) is 35.8 Å². The molecule has 1 aromatic rings. The van der Waals surface area contributed by atoms with Crippen molar-refractivity contribution in [1.29, 1.82) is 0 Å². The van der Waals surface area contributed by atoms with Gasteiger partial charge in [-0.25, -0.2) is 4.79 Å². The lowest BCUT2D eigenvalue weighted by molar-refractivity contribution is -0.156. The number of aliphatic hydroxyl groups excluding tert-OH is 1. The molecule has 11 nitrogen and oxygen atoms in total. The van der Waals surface area contributed by atoms with E-state index >= 15 is 0 Å². The first-order valence-corrected chi connectivity index (χ1v) is 18.5. The molecule has 1 saturated carbocycles. The minimum atomic E-state index is -0.950. The zero-order valence-corrected chi connectivity index (χ0v) is 30.2. The van der Waals surface area contributed by atoms with E-state index in [0.29, 0.717) is 36.1 Å². The van der Waals surface area contributed by atoms with Gasteiger partial charge in [0, 0.05) is 35.8 Å². The Morgan fingerprint density at radius 1 is 1.04 bits per heavy atom. The Bertz CT molecular complexity index is 1510. The Morgan fingerprint density at radius 2 is 1.76 bits per heavy atom. The number of allylic oxidation sites excluding steroid dienone is 5. The summed E-state index contributed by atoms with van der Waals surface area (Å²) >= 11 is 1.32. The highest BCUT2D eigenvalue weighted by molar-refractivity contribution is 8.00. The average Bonchev–Trinajstić information content (AvgIpc) is 3.10. The van der Waals surface area contributed by atoms with Crippen molar-refractivity contribution >= 4 is 46.8 Å². The Hall–Kier alpha value is -3.87. The summed E-state index contributed by atoms with van der Waals surface area (Å²) in [6.07, 6.45) is 16.4. The van der Waals surface area contributed by atoms with Crippen LogP contribution in [-0.2, 0) is 35.1 Å². The first-order valence-electron chi connectivity index (χ1n) is 17.5. The third-order valence-corrected chi connectivity index (χ3v) is 10.6. The van der Waals surface area contributed by atoms with Gasteiger partial charge in [0.2, 0.25) is 17.7 Å². The van der Waals surface area contributed by atoms with Crippen LogP contribution >= 0.6 is 11.8 Å². The monoisotopic (exact) mass is 709 g/mol. The number of nitrogens with one attached hydrogen (secondary N) is 3. The van der Waals surface area contributed by atoms with E-state index in [1.165, 1.54) is 18.9 Å². The molecule has 0 unspecified atom stereocenters. The van der Waals surface area contributed by atoms with E-state index in [2.05, 4.69) is 16.0 Å². The summed E-state index contributed by atoms with van der Waals surface area (Å²) in [6.45, 7) is 5.25. The summed E-state index contributed by atoms with van der Waals surface area (Å²) in [6, 6.07) is 0.728. The smallest absolute Gasteiger partial charge is 0.328 e. The molecule has 1 aliphatic carbocycles. The number of hydrogen-bond acceptors (Lipinski definition) is 9. The molecule has 1 fully saturated rings. The van der Waals surface area contributed by atoms with Crippen molar-refractivity contribution < 1.29 is 38.9 Å². The maximum Gasteiger partial charge on any atom is 0.328 e. The molecule has 1 aromatic carbocycles. The minimum absolute atomic E-state index is 0.00602. The summed E-state index contributed by atoms with van der Waals surface area (Å²) in [5.74, 6) is -1.70. The van der Waals surface area contributed by atoms with Gasteiger partial charge in [0.15, 0.2) is 0 Å². The number of methoxy groups -OCH3 is 1. The van der Waals surface area contributed by atoms with Gasteiger partial charge in [-0.15, -0.1) is 11.8 Å². The summed E-state index contributed by atoms with van der Waals surface area (Å²) < 4.78 is 11.4. The van der Waals surface area contributed by atoms with E-state index in [4.69, 9.17) is 9.47 Å². The van der Waals surface area contributed by atoms with E-state index in [9.17, 15) is 29.4 Å². The number of fused-ring (bicyclic) bond motifs is 4. The summed E-state index contributed by atoms with van der Waals surface area (Å²) in [7, 11) is 1.50. The molecule has 4 rings (SSSR count). The fourth-order valence-corrected chi connectivity index (χ4v) is 7.39. The Kier molecular flexibility index (Phi) is 14.7. The molecule has 272 valence electrons. The number of rotatable bonds is 5. The fourth-order valence-electron chi connectivity index (χ4n) is 6.40. The van der Waals surface area contributed by atoms with Gasteiger partial charge in [-0.1, -0.05) is 68.7 Å². The van der Waals surface area contributed by atoms with E-state index in [0.717, 1.165) is 37.0 Å². The first kappa shape index (κ1) is 38.9. The zero-order chi connectivity index (χ0) is 36.2. The van der Waals surface area contributed by atoms with Crippen LogP contribution in [-0.4, -0.2) is 71.1 Å². The summed E-state index contributed by atoms with van der Waals surface area (Å²) in [4.78, 5) is 52.0. The van der Waals surface area contributed by atoms with Crippen molar-refractivity contribution in [2.24, 2.45) is 11.8 Å². The second kappa shape index (κ2) is 18.9. The molecule has 0 radical (unpaired) electrons. The summed E-state index contributed by atoms with van der Waals surface area (Å²) in [5, 5.41) is 31.2. The van der Waals surface area contributed by atoms with Gasteiger partial charge < -0.3 is 35.6 Å². The molecular formula is C38H51N3O8S. The van der Waals surface area contributed by atoms with Gasteiger partial charge in [-0.3, -0.25) is 14.4 Å². The molecule has 2 aliphatic heterocycles. The van der Waals surface area contributed by atoms with Gasteiger partial charge in [0.25, 0.3) is 0 Å². The number of benzene rings is 1. The number of phenols is 1. The van der Waals surface area contributed by atoms with Crippen molar-refractivity contribution in [2.45, 2.75) is 108 Å². The van der Waals surface area contributed by atoms with Crippen LogP contribution in [0.25, 0.3) is 0 Å². The van der Waals surface area contributed by atoms with Crippen molar-refractivity contribution in [1.82, 2.24) is 5.32 Å². The van der Waals surface area contributed by atoms with Crippen molar-refractivity contribution in [3.05, 3.63) is 59.7 Å². The largest absolute Gasteiger partial charge is 0.505 e. The van der Waals surface area contributed by atoms with E-state index in [-0.39, 0.29) is 47.3 Å². The average molecular weight is 710 g/mol. The van der Waals surface area contributed by atoms with Gasteiger partial charge >= 0.3 is 5.97 Å². The number of esters is 1. The van der Waals surface area contributed by atoms with Gasteiger partial charge in [-0.05, 0) is 51.2 Å². The molecule has 5 atom stereocenters. The lowest BCUT2D eigenvalue weighted by atomic mass is 9.88. The van der Waals surface area contributed by atoms with Crippen LogP contribution in [0.1, 0.15) is 77.7 Å². The predicted octanol–water partition coefficient (Wildman–Crippen LogP) is 5.73. The van der Waals surface area contributed by atoms with Crippen LogP contribution in [0, 0.1) is 11.8 Å². The third-order valence-electron chi connectivity index (χ3n) is 9.46. The van der Waals surface area contributed by atoms with E-state index < -0.39 is 36.2 Å². The molecule has 3 amide bonds. The SMILES string of the molecule is CO[C@H]1/C=C/C=C\C=C/C[C@H](OC(=O)[C@@H](C)NC(=O)C2CCCCC2)[C@@H](C)[C@@H](O)/C(C)=C/CCc2c(O)c(cc3c2SCC(=O)N3)NC(=O)C1. The number of hydrogen-bond donors (Lipinski definition) is 5. The maximum atomic E-state index is 13.2. The molecule has 3 aliphatic rings. The number of aromatic hydroxyl groups is 1. The lowest BCUT2D eigenvalue weighted by Gasteiger charge is -2.29. The van der Waals surface area contributed by atoms with Crippen LogP contribution < -0.4 is 16.0 Å². The van der Waals surface area contributed by atoms with Crippen molar-refractivity contribution in [2.75, 3.05) is 23.5 Å². The number of carbonyl (C=O) groups is 4. The molecule has 5 N–H and O–H groups in total. The van der Waals surface area contributed by atoms with E-state index in [1.54, 1.807) is 44.2 Å². The van der Waals surface area contributed by atoms with Crippen LogP contribution in [0.2, 0.25) is 0 Å². The van der Waals surface area contributed by atoms with Crippen molar-refractivity contribution in [3.63, 3.8) is 0 Å². The molecule has 2 heterocycles. The molecule has 0 spiro atoms. The lowest BCUT2D eigenvalue weighted by Crippen LogP contribution is -2.45. The Labute approximate surface area is 299 Å². The number of phenolic OH excluding ortho intramolecular Hbond substituents is 1. The highest BCUT2D eigenvalue weighted by Crippen LogP contribution is 2.44. The topological polar surface area (TPSA) is 163 Å². The zero-order valence-electron chi connectivity index (χ0n) is 29.4. The van der Waals surface area contributed by atoms with Crippen LogP contribution in [0.3, 0.4) is 0 Å². The number of ether oxygens (including phenoxy) is 2. The highest BCUT2D eigenvalue weighted by Gasteiger charge is 2.31. The van der Waals surface area contributed by atoms with E-state index in [1.807, 2.05) is 25.2 Å². The fraction of sp³-hybridized carbons (Fsp3) is 0.526. The van der Waals surface area contributed by atoms with Crippen molar-refractivity contribution in [3.8, 4) is 5.75 Å². The Morgan fingerprint density at radius 3 is 2.50 bits per heavy atom. The molecule has 50 heavy (non-hydrogen) atoms. The molecule has 12 heteroatoms. The second-order valence-electron chi connectivity index (χ2n) is 13.3. The van der Waals surface area contributed by atoms with Crippen LogP contribution in [0.15, 0.2) is 59.1 Å². The third kappa shape index (κ3) is 10.8. The van der Waals surface area contributed by atoms with Gasteiger partial charge in [-0.2, -0.15) is 0 Å². The summed E-state index contributed by atoms with van der Waals surface area (Å²) in [5.41, 5.74) is 1.94. The number of thioether (sulfide) groups is 1.